The van der Waals surface area contributed by atoms with Crippen molar-refractivity contribution in [3.63, 3.8) is 0 Å². The summed E-state index contributed by atoms with van der Waals surface area (Å²) in [6.07, 6.45) is 2.57. The molecule has 1 fully saturated rings. The molecule has 128 valence electrons. The molecular weight excluding hydrogens is 340 g/mol. The summed E-state index contributed by atoms with van der Waals surface area (Å²) in [5, 5.41) is 5.78. The Bertz CT molecular complexity index is 801. The van der Waals surface area contributed by atoms with E-state index in [-0.39, 0.29) is 18.5 Å². The Kier molecular flexibility index (Phi) is 3.96. The van der Waals surface area contributed by atoms with Gasteiger partial charge in [-0.15, -0.1) is 11.3 Å². The molecule has 1 atom stereocenters. The van der Waals surface area contributed by atoms with Gasteiger partial charge in [-0.05, 0) is 18.6 Å². The zero-order chi connectivity index (χ0) is 17.4. The van der Waals surface area contributed by atoms with Crippen molar-refractivity contribution in [1.29, 1.82) is 0 Å². The lowest BCUT2D eigenvalue weighted by Crippen LogP contribution is -2.44. The number of carbonyl (C=O) groups is 3. The summed E-state index contributed by atoms with van der Waals surface area (Å²) in [5.41, 5.74) is 0.715. The number of nitrogens with zero attached hydrogens (tertiary/aromatic N) is 3. The molecule has 8 heteroatoms. The number of nitrogens with one attached hydrogen (secondary N) is 1. The van der Waals surface area contributed by atoms with E-state index in [1.807, 2.05) is 5.38 Å². The molecule has 25 heavy (non-hydrogen) atoms. The van der Waals surface area contributed by atoms with Crippen LogP contribution in [-0.2, 0) is 4.79 Å². The van der Waals surface area contributed by atoms with Gasteiger partial charge in [-0.3, -0.25) is 19.3 Å². The molecule has 2 aromatic rings. The average molecular weight is 356 g/mol. The predicted molar refractivity (Wildman–Crippen MR) is 92.7 cm³/mol. The molecule has 2 aliphatic rings. The highest BCUT2D eigenvalue weighted by Crippen LogP contribution is 2.23. The summed E-state index contributed by atoms with van der Waals surface area (Å²) in [4.78, 5) is 44.3. The van der Waals surface area contributed by atoms with Crippen LogP contribution < -0.4 is 10.2 Å². The van der Waals surface area contributed by atoms with E-state index in [2.05, 4.69) is 15.2 Å². The number of amides is 3. The van der Waals surface area contributed by atoms with Crippen molar-refractivity contribution in [1.82, 2.24) is 15.2 Å². The van der Waals surface area contributed by atoms with Gasteiger partial charge in [0, 0.05) is 30.7 Å². The molecule has 1 aromatic heterocycles. The van der Waals surface area contributed by atoms with Gasteiger partial charge in [-0.1, -0.05) is 12.1 Å². The summed E-state index contributed by atoms with van der Waals surface area (Å²) in [6, 6.07) is 6.62. The Hall–Kier alpha value is -2.74. The molecule has 1 N–H and O–H groups in total. The lowest BCUT2D eigenvalue weighted by atomic mass is 10.1. The topological polar surface area (TPSA) is 82.6 Å². The zero-order valence-corrected chi connectivity index (χ0v) is 14.2. The van der Waals surface area contributed by atoms with Crippen LogP contribution in [0.15, 0.2) is 35.8 Å². The summed E-state index contributed by atoms with van der Waals surface area (Å²) < 4.78 is 0. The molecule has 3 heterocycles. The number of aromatic nitrogens is 1. The zero-order valence-electron chi connectivity index (χ0n) is 13.3. The quantitative estimate of drug-likeness (QED) is 0.831. The highest BCUT2D eigenvalue weighted by Gasteiger charge is 2.36. The normalized spacial score (nSPS) is 19.4. The van der Waals surface area contributed by atoms with E-state index in [4.69, 9.17) is 0 Å². The number of hydrogen-bond donors (Lipinski definition) is 1. The molecular formula is C17H16N4O3S. The van der Waals surface area contributed by atoms with Crippen molar-refractivity contribution in [3.8, 4) is 0 Å². The SMILES string of the molecule is O=C(CN1C(=O)c2ccccc2C1=O)NC1CCN(c2nccs2)C1. The van der Waals surface area contributed by atoms with Crippen LogP contribution in [0.4, 0.5) is 5.13 Å². The van der Waals surface area contributed by atoms with Gasteiger partial charge in [-0.2, -0.15) is 0 Å². The molecule has 1 saturated heterocycles. The molecule has 0 saturated carbocycles. The number of benzene rings is 1. The van der Waals surface area contributed by atoms with E-state index < -0.39 is 11.8 Å². The van der Waals surface area contributed by atoms with Crippen molar-refractivity contribution in [3.05, 3.63) is 47.0 Å². The Morgan fingerprint density at radius 3 is 2.60 bits per heavy atom. The molecule has 1 unspecified atom stereocenters. The molecule has 2 aliphatic heterocycles. The maximum atomic E-state index is 12.3. The van der Waals surface area contributed by atoms with E-state index in [1.54, 1.807) is 41.8 Å². The molecule has 0 radical (unpaired) electrons. The summed E-state index contributed by atoms with van der Waals surface area (Å²) >= 11 is 1.57. The standard InChI is InChI=1S/C17H16N4O3S/c22-14(19-11-5-7-20(9-11)17-18-6-8-25-17)10-21-15(23)12-3-1-2-4-13(12)16(21)24/h1-4,6,8,11H,5,7,9-10H2,(H,19,22). The monoisotopic (exact) mass is 356 g/mol. The number of fused-ring (bicyclic) bond motifs is 1. The van der Waals surface area contributed by atoms with E-state index in [9.17, 15) is 14.4 Å². The van der Waals surface area contributed by atoms with Gasteiger partial charge in [0.25, 0.3) is 11.8 Å². The highest BCUT2D eigenvalue weighted by atomic mass is 32.1. The second-order valence-corrected chi connectivity index (χ2v) is 6.93. The molecule has 4 rings (SSSR count). The van der Waals surface area contributed by atoms with Crippen LogP contribution in [0, 0.1) is 0 Å². The van der Waals surface area contributed by atoms with E-state index in [1.165, 1.54) is 0 Å². The van der Waals surface area contributed by atoms with Crippen molar-refractivity contribution in [2.75, 3.05) is 24.5 Å². The number of anilines is 1. The van der Waals surface area contributed by atoms with Gasteiger partial charge in [0.1, 0.15) is 6.54 Å². The van der Waals surface area contributed by atoms with Crippen LogP contribution in [0.5, 0.6) is 0 Å². The maximum Gasteiger partial charge on any atom is 0.262 e. The Morgan fingerprint density at radius 2 is 1.96 bits per heavy atom. The van der Waals surface area contributed by atoms with Crippen LogP contribution in [0.25, 0.3) is 0 Å². The lowest BCUT2D eigenvalue weighted by Gasteiger charge is -2.18. The lowest BCUT2D eigenvalue weighted by molar-refractivity contribution is -0.122. The maximum absolute atomic E-state index is 12.3. The minimum atomic E-state index is -0.411. The van der Waals surface area contributed by atoms with Crippen molar-refractivity contribution in [2.45, 2.75) is 12.5 Å². The first-order chi connectivity index (χ1) is 12.1. The first kappa shape index (κ1) is 15.8. The van der Waals surface area contributed by atoms with Crippen LogP contribution in [0.2, 0.25) is 0 Å². The van der Waals surface area contributed by atoms with E-state index in [0.717, 1.165) is 23.0 Å². The van der Waals surface area contributed by atoms with Crippen LogP contribution in [0.1, 0.15) is 27.1 Å². The number of carbonyl (C=O) groups excluding carboxylic acids is 3. The molecule has 0 spiro atoms. The van der Waals surface area contributed by atoms with Gasteiger partial charge < -0.3 is 10.2 Å². The van der Waals surface area contributed by atoms with Gasteiger partial charge in [0.2, 0.25) is 5.91 Å². The van der Waals surface area contributed by atoms with Crippen molar-refractivity contribution in [2.24, 2.45) is 0 Å². The molecule has 3 amide bonds. The van der Waals surface area contributed by atoms with Crippen molar-refractivity contribution < 1.29 is 14.4 Å². The summed E-state index contributed by atoms with van der Waals surface area (Å²) in [6.45, 7) is 1.26. The number of imide groups is 1. The smallest absolute Gasteiger partial charge is 0.262 e. The fraction of sp³-hybridized carbons (Fsp3) is 0.294. The second kappa shape index (κ2) is 6.29. The third-order valence-corrected chi connectivity index (χ3v) is 5.26. The predicted octanol–water partition coefficient (Wildman–Crippen LogP) is 1.13. The largest absolute Gasteiger partial charge is 0.350 e. The first-order valence-electron chi connectivity index (χ1n) is 8.02. The van der Waals surface area contributed by atoms with E-state index in [0.29, 0.717) is 17.7 Å². The van der Waals surface area contributed by atoms with E-state index >= 15 is 0 Å². The van der Waals surface area contributed by atoms with Gasteiger partial charge in [-0.25, -0.2) is 4.98 Å². The molecule has 0 aliphatic carbocycles. The molecule has 1 aromatic carbocycles. The Balaban J connectivity index is 1.36. The Morgan fingerprint density at radius 1 is 1.24 bits per heavy atom. The van der Waals surface area contributed by atoms with Gasteiger partial charge in [0.05, 0.1) is 11.1 Å². The average Bonchev–Trinajstić information content (AvgIpc) is 3.33. The minimum Gasteiger partial charge on any atom is -0.350 e. The van der Waals surface area contributed by atoms with Gasteiger partial charge in [0.15, 0.2) is 5.13 Å². The Labute approximate surface area is 148 Å². The van der Waals surface area contributed by atoms with Crippen molar-refractivity contribution >= 4 is 34.2 Å². The highest BCUT2D eigenvalue weighted by molar-refractivity contribution is 7.13. The third-order valence-electron chi connectivity index (χ3n) is 4.42. The number of thiazole rings is 1. The third kappa shape index (κ3) is 2.89. The van der Waals surface area contributed by atoms with Crippen LogP contribution in [0.3, 0.4) is 0 Å². The molecule has 0 bridgehead atoms. The second-order valence-electron chi connectivity index (χ2n) is 6.06. The summed E-state index contributed by atoms with van der Waals surface area (Å²) in [7, 11) is 0. The van der Waals surface area contributed by atoms with Crippen LogP contribution >= 0.6 is 11.3 Å². The summed E-state index contributed by atoms with van der Waals surface area (Å²) in [5.74, 6) is -1.14. The first-order valence-corrected chi connectivity index (χ1v) is 8.90. The number of hydrogen-bond acceptors (Lipinski definition) is 6. The molecule has 7 nitrogen and oxygen atoms in total. The minimum absolute atomic E-state index is 0.00779. The fourth-order valence-corrected chi connectivity index (χ4v) is 3.90. The fourth-order valence-electron chi connectivity index (χ4n) is 3.22. The number of rotatable bonds is 4. The van der Waals surface area contributed by atoms with Crippen LogP contribution in [-0.4, -0.2) is 53.3 Å². The van der Waals surface area contributed by atoms with Gasteiger partial charge >= 0.3 is 0 Å².